The molecule has 0 fully saturated rings. The van der Waals surface area contributed by atoms with Crippen molar-refractivity contribution < 1.29 is 44.1 Å². The smallest absolute Gasteiger partial charge is 0.326 e. The van der Waals surface area contributed by atoms with E-state index in [9.17, 15) is 39.0 Å². The van der Waals surface area contributed by atoms with Crippen LogP contribution in [0.3, 0.4) is 0 Å². The van der Waals surface area contributed by atoms with Crippen molar-refractivity contribution in [1.82, 2.24) is 16.0 Å². The van der Waals surface area contributed by atoms with Crippen LogP contribution < -0.4 is 27.4 Å². The van der Waals surface area contributed by atoms with Gasteiger partial charge in [0, 0.05) is 12.8 Å². The van der Waals surface area contributed by atoms with E-state index in [1.165, 1.54) is 24.3 Å². The maximum Gasteiger partial charge on any atom is 0.326 e. The SMILES string of the molecule is CC(C)CC(NC(=O)C(CCC(N)=O)NC(=O)C(Cc1ccc(O)cc1)NC(=O)C(N)CC(=O)O)C(=O)O. The van der Waals surface area contributed by atoms with Gasteiger partial charge in [-0.3, -0.25) is 24.0 Å². The first-order chi connectivity index (χ1) is 17.7. The molecule has 0 radical (unpaired) electrons. The number of aliphatic carboxylic acids is 2. The summed E-state index contributed by atoms with van der Waals surface area (Å²) in [7, 11) is 0. The van der Waals surface area contributed by atoms with Crippen LogP contribution in [0.4, 0.5) is 0 Å². The summed E-state index contributed by atoms with van der Waals surface area (Å²) in [6, 6.07) is 0.232. The van der Waals surface area contributed by atoms with Gasteiger partial charge in [-0.15, -0.1) is 0 Å². The van der Waals surface area contributed by atoms with Crippen LogP contribution in [0.5, 0.6) is 5.75 Å². The molecule has 4 atom stereocenters. The van der Waals surface area contributed by atoms with Gasteiger partial charge in [0.25, 0.3) is 0 Å². The van der Waals surface area contributed by atoms with Crippen molar-refractivity contribution in [2.24, 2.45) is 17.4 Å². The largest absolute Gasteiger partial charge is 0.508 e. The summed E-state index contributed by atoms with van der Waals surface area (Å²) in [4.78, 5) is 72.4. The lowest BCUT2D eigenvalue weighted by Crippen LogP contribution is -2.58. The predicted octanol–water partition coefficient (Wildman–Crippen LogP) is -1.41. The number of hydrogen-bond donors (Lipinski definition) is 8. The van der Waals surface area contributed by atoms with E-state index in [0.717, 1.165) is 0 Å². The standard InChI is InChI=1S/C24H35N5O9/c1-12(2)9-18(24(37)38)29-22(35)16(7-8-19(26)31)27-23(36)17(10-13-3-5-14(30)6-4-13)28-21(34)15(25)11-20(32)33/h3-6,12,15-18,30H,7-11,25H2,1-2H3,(H2,26,31)(H,27,36)(H,28,34)(H,29,35)(H,32,33)(H,37,38). The van der Waals surface area contributed by atoms with E-state index in [1.807, 2.05) is 0 Å². The van der Waals surface area contributed by atoms with Gasteiger partial charge in [-0.25, -0.2) is 4.79 Å². The number of amides is 4. The van der Waals surface area contributed by atoms with Crippen molar-refractivity contribution in [1.29, 1.82) is 0 Å². The zero-order chi connectivity index (χ0) is 29.0. The number of hydrogen-bond acceptors (Lipinski definition) is 8. The number of benzene rings is 1. The monoisotopic (exact) mass is 537 g/mol. The molecule has 210 valence electrons. The number of carboxylic acid groups (broad SMARTS) is 2. The summed E-state index contributed by atoms with van der Waals surface area (Å²) in [5.74, 6) is -6.18. The second kappa shape index (κ2) is 15.1. The number of phenols is 1. The summed E-state index contributed by atoms with van der Waals surface area (Å²) in [5.41, 5.74) is 11.3. The molecule has 1 aromatic carbocycles. The predicted molar refractivity (Wildman–Crippen MR) is 133 cm³/mol. The van der Waals surface area contributed by atoms with Crippen LogP contribution in [-0.4, -0.2) is 75.1 Å². The minimum absolute atomic E-state index is 0.0418. The number of phenolic OH excluding ortho intramolecular Hbond substituents is 1. The zero-order valence-electron chi connectivity index (χ0n) is 21.2. The highest BCUT2D eigenvalue weighted by atomic mass is 16.4. The molecule has 0 bridgehead atoms. The van der Waals surface area contributed by atoms with Crippen molar-refractivity contribution in [3.05, 3.63) is 29.8 Å². The van der Waals surface area contributed by atoms with Crippen LogP contribution >= 0.6 is 0 Å². The lowest BCUT2D eigenvalue weighted by atomic mass is 10.0. The molecule has 1 rings (SSSR count). The van der Waals surface area contributed by atoms with E-state index in [1.54, 1.807) is 13.8 Å². The van der Waals surface area contributed by atoms with Crippen molar-refractivity contribution in [2.75, 3.05) is 0 Å². The fourth-order valence-electron chi connectivity index (χ4n) is 3.43. The molecule has 14 nitrogen and oxygen atoms in total. The Morgan fingerprint density at radius 2 is 1.37 bits per heavy atom. The number of nitrogens with two attached hydrogens (primary N) is 2. The normalized spacial score (nSPS) is 14.0. The maximum absolute atomic E-state index is 13.2. The summed E-state index contributed by atoms with van der Waals surface area (Å²) in [5, 5.41) is 35.0. The minimum atomic E-state index is -1.47. The van der Waals surface area contributed by atoms with Crippen LogP contribution in [0.25, 0.3) is 0 Å². The van der Waals surface area contributed by atoms with Crippen LogP contribution in [0.15, 0.2) is 24.3 Å². The van der Waals surface area contributed by atoms with Crippen LogP contribution in [0.2, 0.25) is 0 Å². The number of carboxylic acids is 2. The third-order valence-corrected chi connectivity index (χ3v) is 5.37. The highest BCUT2D eigenvalue weighted by Crippen LogP contribution is 2.12. The molecule has 0 saturated carbocycles. The van der Waals surface area contributed by atoms with Gasteiger partial charge in [0.2, 0.25) is 23.6 Å². The minimum Gasteiger partial charge on any atom is -0.508 e. The molecule has 0 spiro atoms. The molecule has 0 aliphatic rings. The second-order valence-corrected chi connectivity index (χ2v) is 9.23. The molecule has 38 heavy (non-hydrogen) atoms. The van der Waals surface area contributed by atoms with Gasteiger partial charge in [0.05, 0.1) is 12.5 Å². The van der Waals surface area contributed by atoms with Gasteiger partial charge >= 0.3 is 11.9 Å². The lowest BCUT2D eigenvalue weighted by molar-refractivity contribution is -0.143. The molecule has 0 aliphatic heterocycles. The molecule has 10 N–H and O–H groups in total. The molecular weight excluding hydrogens is 502 g/mol. The Labute approximate surface area is 219 Å². The van der Waals surface area contributed by atoms with Crippen molar-refractivity contribution in [2.45, 2.75) is 70.1 Å². The number of rotatable bonds is 16. The molecule has 1 aromatic rings. The fraction of sp³-hybridized carbons (Fsp3) is 0.500. The average Bonchev–Trinajstić information content (AvgIpc) is 2.80. The molecular formula is C24H35N5O9. The van der Waals surface area contributed by atoms with Gasteiger partial charge in [-0.2, -0.15) is 0 Å². The highest BCUT2D eigenvalue weighted by molar-refractivity contribution is 5.95. The Hall–Kier alpha value is -4.20. The molecule has 0 aliphatic carbocycles. The van der Waals surface area contributed by atoms with E-state index in [-0.39, 0.29) is 37.4 Å². The number of carbonyl (C=O) groups is 6. The molecule has 0 aromatic heterocycles. The van der Waals surface area contributed by atoms with E-state index >= 15 is 0 Å². The van der Waals surface area contributed by atoms with Gasteiger partial charge < -0.3 is 42.7 Å². The first kappa shape index (κ1) is 31.8. The van der Waals surface area contributed by atoms with Crippen LogP contribution in [-0.2, 0) is 35.2 Å². The second-order valence-electron chi connectivity index (χ2n) is 9.23. The molecule has 14 heteroatoms. The third kappa shape index (κ3) is 11.7. The fourth-order valence-corrected chi connectivity index (χ4v) is 3.43. The first-order valence-corrected chi connectivity index (χ1v) is 11.9. The van der Waals surface area contributed by atoms with Crippen molar-refractivity contribution >= 4 is 35.6 Å². The van der Waals surface area contributed by atoms with Crippen molar-refractivity contribution in [3.63, 3.8) is 0 Å². The van der Waals surface area contributed by atoms with Gasteiger partial charge in [0.1, 0.15) is 23.9 Å². The molecule has 0 saturated heterocycles. The Balaban J connectivity index is 3.18. The van der Waals surface area contributed by atoms with E-state index in [0.29, 0.717) is 5.56 Å². The van der Waals surface area contributed by atoms with Gasteiger partial charge in [-0.1, -0.05) is 26.0 Å². The number of primary amides is 1. The average molecular weight is 538 g/mol. The van der Waals surface area contributed by atoms with Crippen molar-refractivity contribution in [3.8, 4) is 5.75 Å². The third-order valence-electron chi connectivity index (χ3n) is 5.37. The summed E-state index contributed by atoms with van der Waals surface area (Å²) < 4.78 is 0. The number of nitrogens with one attached hydrogen (secondary N) is 3. The summed E-state index contributed by atoms with van der Waals surface area (Å²) >= 11 is 0. The zero-order valence-corrected chi connectivity index (χ0v) is 21.2. The van der Waals surface area contributed by atoms with Gasteiger partial charge in [-0.05, 0) is 36.5 Å². The molecule has 0 heterocycles. The molecule has 4 unspecified atom stereocenters. The van der Waals surface area contributed by atoms with Crippen LogP contribution in [0, 0.1) is 5.92 Å². The van der Waals surface area contributed by atoms with E-state index in [4.69, 9.17) is 16.6 Å². The quantitative estimate of drug-likeness (QED) is 0.122. The Kier molecular flexibility index (Phi) is 12.7. The Bertz CT molecular complexity index is 1010. The highest BCUT2D eigenvalue weighted by Gasteiger charge is 2.31. The molecule has 4 amide bonds. The number of carbonyl (C=O) groups excluding carboxylic acids is 4. The maximum atomic E-state index is 13.2. The number of aromatic hydroxyl groups is 1. The van der Waals surface area contributed by atoms with E-state index in [2.05, 4.69) is 16.0 Å². The summed E-state index contributed by atoms with van der Waals surface area (Å²) in [6.45, 7) is 3.53. The van der Waals surface area contributed by atoms with Crippen LogP contribution in [0.1, 0.15) is 45.1 Å². The Morgan fingerprint density at radius 3 is 1.87 bits per heavy atom. The van der Waals surface area contributed by atoms with Gasteiger partial charge in [0.15, 0.2) is 0 Å². The Morgan fingerprint density at radius 1 is 0.842 bits per heavy atom. The lowest BCUT2D eigenvalue weighted by Gasteiger charge is -2.25. The topological polar surface area (TPSA) is 251 Å². The summed E-state index contributed by atoms with van der Waals surface area (Å²) in [6.07, 6.45) is -1.28. The van der Waals surface area contributed by atoms with E-state index < -0.39 is 66.2 Å². The first-order valence-electron chi connectivity index (χ1n) is 11.9.